The van der Waals surface area contributed by atoms with Crippen LogP contribution in [0.5, 0.6) is 0 Å². The zero-order valence-electron chi connectivity index (χ0n) is 29.8. The van der Waals surface area contributed by atoms with E-state index in [0.717, 1.165) is 39.0 Å². The van der Waals surface area contributed by atoms with Crippen molar-refractivity contribution in [2.24, 2.45) is 0 Å². The predicted molar refractivity (Wildman–Crippen MR) is 235 cm³/mol. The summed E-state index contributed by atoms with van der Waals surface area (Å²) in [4.78, 5) is 2.43. The molecule has 0 spiro atoms. The summed E-state index contributed by atoms with van der Waals surface area (Å²) < 4.78 is 8.93. The third-order valence-corrected chi connectivity index (χ3v) is 12.1. The fourth-order valence-corrected chi connectivity index (χ4v) is 9.58. The van der Waals surface area contributed by atoms with Crippen LogP contribution in [0, 0.1) is 0 Å². The Labute approximate surface area is 322 Å². The van der Waals surface area contributed by atoms with Gasteiger partial charge in [-0.1, -0.05) is 152 Å². The summed E-state index contributed by atoms with van der Waals surface area (Å²) in [7, 11) is 0. The van der Waals surface area contributed by atoms with Crippen LogP contribution in [-0.2, 0) is 0 Å². The van der Waals surface area contributed by atoms with Gasteiger partial charge < -0.3 is 9.32 Å². The molecule has 0 amide bonds. The van der Waals surface area contributed by atoms with Crippen LogP contribution >= 0.6 is 11.3 Å². The maximum Gasteiger partial charge on any atom is 0.135 e. The van der Waals surface area contributed by atoms with Gasteiger partial charge in [-0.3, -0.25) is 0 Å². The maximum atomic E-state index is 6.31. The lowest BCUT2D eigenvalue weighted by Crippen LogP contribution is -2.11. The lowest BCUT2D eigenvalue weighted by atomic mass is 9.92. The van der Waals surface area contributed by atoms with E-state index < -0.39 is 0 Å². The number of benzene rings is 9. The van der Waals surface area contributed by atoms with Crippen LogP contribution in [0.4, 0.5) is 17.1 Å². The topological polar surface area (TPSA) is 16.4 Å². The molecule has 0 fully saturated rings. The summed E-state index contributed by atoms with van der Waals surface area (Å²) in [6, 6.07) is 72.3. The van der Waals surface area contributed by atoms with Gasteiger partial charge in [0.1, 0.15) is 11.2 Å². The molecule has 0 radical (unpaired) electrons. The monoisotopic (exact) mass is 719 g/mol. The highest BCUT2D eigenvalue weighted by atomic mass is 32.1. The number of nitrogens with zero attached hydrogens (tertiary/aromatic N) is 1. The molecule has 11 rings (SSSR count). The Kier molecular flexibility index (Phi) is 7.39. The third kappa shape index (κ3) is 5.24. The van der Waals surface area contributed by atoms with Crippen LogP contribution in [0.1, 0.15) is 0 Å². The average molecular weight is 720 g/mol. The van der Waals surface area contributed by atoms with E-state index >= 15 is 0 Å². The summed E-state index contributed by atoms with van der Waals surface area (Å²) in [5.41, 5.74) is 12.3. The first kappa shape index (κ1) is 31.6. The van der Waals surface area contributed by atoms with Gasteiger partial charge >= 0.3 is 0 Å². The number of rotatable bonds is 6. The quantitative estimate of drug-likeness (QED) is 0.170. The molecule has 9 aromatic carbocycles. The molecule has 0 unspecified atom stereocenters. The number of furan rings is 1. The van der Waals surface area contributed by atoms with E-state index in [1.54, 1.807) is 0 Å². The lowest BCUT2D eigenvalue weighted by molar-refractivity contribution is 0.669. The second-order valence-corrected chi connectivity index (χ2v) is 15.1. The molecule has 2 heterocycles. The first-order chi connectivity index (χ1) is 27.3. The first-order valence-corrected chi connectivity index (χ1v) is 19.5. The van der Waals surface area contributed by atoms with Gasteiger partial charge in [0, 0.05) is 53.3 Å². The first-order valence-electron chi connectivity index (χ1n) is 18.7. The molecule has 3 heteroatoms. The van der Waals surface area contributed by atoms with Crippen LogP contribution in [0.2, 0.25) is 0 Å². The van der Waals surface area contributed by atoms with E-state index in [2.05, 4.69) is 193 Å². The number of anilines is 3. The Bertz CT molecular complexity index is 3210. The predicted octanol–water partition coefficient (Wildman–Crippen LogP) is 15.6. The van der Waals surface area contributed by atoms with Crippen molar-refractivity contribution < 1.29 is 4.42 Å². The van der Waals surface area contributed by atoms with E-state index in [1.807, 2.05) is 23.5 Å². The lowest BCUT2D eigenvalue weighted by Gasteiger charge is -2.28. The molecule has 2 aromatic heterocycles. The van der Waals surface area contributed by atoms with Gasteiger partial charge in [0.15, 0.2) is 0 Å². The van der Waals surface area contributed by atoms with Crippen LogP contribution in [0.15, 0.2) is 205 Å². The number of hydrogen-bond donors (Lipinski definition) is 0. The Morgan fingerprint density at radius 1 is 0.345 bits per heavy atom. The normalized spacial score (nSPS) is 11.6. The summed E-state index contributed by atoms with van der Waals surface area (Å²) in [5, 5.41) is 7.21. The number of fused-ring (bicyclic) bond motifs is 7. The minimum atomic E-state index is 0.880. The molecule has 0 aliphatic rings. The van der Waals surface area contributed by atoms with Gasteiger partial charge in [-0.15, -0.1) is 11.3 Å². The second kappa shape index (κ2) is 12.9. The van der Waals surface area contributed by atoms with Crippen molar-refractivity contribution in [3.05, 3.63) is 200 Å². The largest absolute Gasteiger partial charge is 0.456 e. The molecule has 0 bridgehead atoms. The Morgan fingerprint density at radius 2 is 0.945 bits per heavy atom. The van der Waals surface area contributed by atoms with E-state index in [1.165, 1.54) is 64.3 Å². The van der Waals surface area contributed by atoms with Crippen molar-refractivity contribution >= 4 is 81.3 Å². The second-order valence-electron chi connectivity index (χ2n) is 14.0. The minimum absolute atomic E-state index is 0.880. The van der Waals surface area contributed by atoms with Gasteiger partial charge in [0.25, 0.3) is 0 Å². The molecule has 0 aliphatic heterocycles. The molecule has 0 saturated heterocycles. The van der Waals surface area contributed by atoms with E-state index in [0.29, 0.717) is 0 Å². The zero-order chi connectivity index (χ0) is 36.3. The van der Waals surface area contributed by atoms with Crippen LogP contribution in [0.25, 0.3) is 86.3 Å². The van der Waals surface area contributed by atoms with E-state index in [-0.39, 0.29) is 0 Å². The number of para-hydroxylation sites is 1. The van der Waals surface area contributed by atoms with Crippen molar-refractivity contribution in [1.29, 1.82) is 0 Å². The average Bonchev–Trinajstić information content (AvgIpc) is 3.83. The molecule has 2 nitrogen and oxygen atoms in total. The smallest absolute Gasteiger partial charge is 0.135 e. The summed E-state index contributed by atoms with van der Waals surface area (Å²) in [5.74, 6) is 0. The van der Waals surface area contributed by atoms with Crippen molar-refractivity contribution in [1.82, 2.24) is 0 Å². The summed E-state index contributed by atoms with van der Waals surface area (Å²) in [6.07, 6.45) is 0. The highest BCUT2D eigenvalue weighted by molar-refractivity contribution is 7.26. The van der Waals surface area contributed by atoms with E-state index in [9.17, 15) is 0 Å². The van der Waals surface area contributed by atoms with Gasteiger partial charge in [0.2, 0.25) is 0 Å². The van der Waals surface area contributed by atoms with Gasteiger partial charge in [-0.25, -0.2) is 0 Å². The fourth-order valence-electron chi connectivity index (χ4n) is 8.35. The van der Waals surface area contributed by atoms with Crippen LogP contribution in [0.3, 0.4) is 0 Å². The molecule has 0 saturated carbocycles. The molecule has 11 aromatic rings. The van der Waals surface area contributed by atoms with Crippen molar-refractivity contribution in [2.75, 3.05) is 4.90 Å². The molecule has 0 aliphatic carbocycles. The molecular formula is C52H33NOS. The summed E-state index contributed by atoms with van der Waals surface area (Å²) in [6.45, 7) is 0. The van der Waals surface area contributed by atoms with Crippen LogP contribution in [-0.4, -0.2) is 0 Å². The standard InChI is InChI=1S/C52H33NOS/c1-3-14-34(15-4-1)38-29-30-48(41-19-8-7-18-39(38)41)53(37-27-31-50-47(33-37)42-20-9-11-24-49(42)54-50)36-26-28-40(46(32-36)35-16-5-2-6-17-35)44-22-13-23-45-43-21-10-12-25-51(43)55-52(44)45/h1-33H. The van der Waals surface area contributed by atoms with Crippen molar-refractivity contribution in [3.63, 3.8) is 0 Å². The number of thiophene rings is 1. The fraction of sp³-hybridized carbons (Fsp3) is 0. The highest BCUT2D eigenvalue weighted by Crippen LogP contribution is 2.47. The Hall–Kier alpha value is -6.94. The SMILES string of the molecule is c1ccc(-c2cc(N(c3ccc4oc5ccccc5c4c3)c3ccc(-c4ccccc4)c4ccccc34)ccc2-c2cccc3c2sc2ccccc23)cc1. The maximum absolute atomic E-state index is 6.31. The molecule has 0 atom stereocenters. The van der Waals surface area contributed by atoms with Gasteiger partial charge in [-0.05, 0) is 81.7 Å². The highest BCUT2D eigenvalue weighted by Gasteiger charge is 2.22. The summed E-state index contributed by atoms with van der Waals surface area (Å²) >= 11 is 1.88. The Morgan fingerprint density at radius 3 is 1.76 bits per heavy atom. The minimum Gasteiger partial charge on any atom is -0.456 e. The van der Waals surface area contributed by atoms with Crippen LogP contribution < -0.4 is 4.90 Å². The van der Waals surface area contributed by atoms with Crippen molar-refractivity contribution in [2.45, 2.75) is 0 Å². The molecule has 0 N–H and O–H groups in total. The van der Waals surface area contributed by atoms with Gasteiger partial charge in [0.05, 0.1) is 5.69 Å². The van der Waals surface area contributed by atoms with E-state index in [4.69, 9.17) is 4.42 Å². The molecule has 258 valence electrons. The molecule has 55 heavy (non-hydrogen) atoms. The molecular weight excluding hydrogens is 687 g/mol. The zero-order valence-corrected chi connectivity index (χ0v) is 30.6. The number of hydrogen-bond acceptors (Lipinski definition) is 3. The van der Waals surface area contributed by atoms with Gasteiger partial charge in [-0.2, -0.15) is 0 Å². The van der Waals surface area contributed by atoms with Crippen molar-refractivity contribution in [3.8, 4) is 33.4 Å². The Balaban J connectivity index is 1.18. The third-order valence-electron chi connectivity index (χ3n) is 10.9.